The number of para-hydroxylation sites is 2. The largest absolute Gasteiger partial charge is 0.457 e. The lowest BCUT2D eigenvalue weighted by molar-refractivity contribution is 0.484. The topological polar surface area (TPSA) is 70.5 Å². The second-order valence-corrected chi connectivity index (χ2v) is 10.2. The zero-order chi connectivity index (χ0) is 28.5. The summed E-state index contributed by atoms with van der Waals surface area (Å²) in [5.74, 6) is 2.83. The molecule has 0 bridgehead atoms. The number of hydrogen-bond acceptors (Lipinski definition) is 4. The standard InChI is InChI=1S/C38H28N2O2/c39-26-10-7-12-28(23-26)41-36-17-5-3-15-32(36)34-22-21-31-30-14-2-1-9-25(30)19-20-33(31)38(34)35-16-4-6-18-37(35)42-29-13-8-11-27(40)24-29/h1-24H,39-40H2. The van der Waals surface area contributed by atoms with E-state index < -0.39 is 0 Å². The lowest BCUT2D eigenvalue weighted by atomic mass is 9.87. The summed E-state index contributed by atoms with van der Waals surface area (Å²) in [6.45, 7) is 0. The maximum atomic E-state index is 6.49. The Hall–Kier alpha value is -5.74. The molecular weight excluding hydrogens is 516 g/mol. The second-order valence-electron chi connectivity index (χ2n) is 10.2. The molecule has 4 nitrogen and oxygen atoms in total. The molecule has 0 amide bonds. The minimum absolute atomic E-state index is 0.648. The Balaban J connectivity index is 1.49. The van der Waals surface area contributed by atoms with Crippen molar-refractivity contribution < 1.29 is 9.47 Å². The molecule has 0 saturated heterocycles. The minimum Gasteiger partial charge on any atom is -0.457 e. The quantitative estimate of drug-likeness (QED) is 0.161. The van der Waals surface area contributed by atoms with E-state index in [0.29, 0.717) is 22.9 Å². The molecule has 0 aromatic heterocycles. The molecule has 42 heavy (non-hydrogen) atoms. The molecule has 4 N–H and O–H groups in total. The van der Waals surface area contributed by atoms with Crippen molar-refractivity contribution in [2.24, 2.45) is 0 Å². The maximum Gasteiger partial charge on any atom is 0.135 e. The molecule has 0 radical (unpaired) electrons. The van der Waals surface area contributed by atoms with Crippen molar-refractivity contribution in [3.8, 4) is 45.3 Å². The number of fused-ring (bicyclic) bond motifs is 3. The number of ether oxygens (including phenoxy) is 2. The highest BCUT2D eigenvalue weighted by Gasteiger charge is 2.20. The van der Waals surface area contributed by atoms with Crippen LogP contribution in [0.25, 0.3) is 43.8 Å². The van der Waals surface area contributed by atoms with Crippen LogP contribution in [0.5, 0.6) is 23.0 Å². The summed E-state index contributed by atoms with van der Waals surface area (Å²) in [6.07, 6.45) is 0. The van der Waals surface area contributed by atoms with Crippen LogP contribution in [0.4, 0.5) is 11.4 Å². The van der Waals surface area contributed by atoms with Gasteiger partial charge < -0.3 is 20.9 Å². The Morgan fingerprint density at radius 2 is 0.952 bits per heavy atom. The second kappa shape index (κ2) is 10.7. The molecule has 4 heteroatoms. The van der Waals surface area contributed by atoms with Crippen molar-refractivity contribution in [2.75, 3.05) is 11.5 Å². The molecule has 202 valence electrons. The first kappa shape index (κ1) is 25.2. The predicted molar refractivity (Wildman–Crippen MR) is 174 cm³/mol. The van der Waals surface area contributed by atoms with Gasteiger partial charge in [-0.1, -0.05) is 97.1 Å². The summed E-state index contributed by atoms with van der Waals surface area (Å²) in [4.78, 5) is 0. The molecule has 0 atom stereocenters. The van der Waals surface area contributed by atoms with E-state index in [9.17, 15) is 0 Å². The van der Waals surface area contributed by atoms with Crippen molar-refractivity contribution in [1.82, 2.24) is 0 Å². The van der Waals surface area contributed by atoms with Gasteiger partial charge in [0.05, 0.1) is 0 Å². The molecule has 0 heterocycles. The van der Waals surface area contributed by atoms with Crippen LogP contribution in [-0.2, 0) is 0 Å². The molecule has 0 saturated carbocycles. The van der Waals surface area contributed by atoms with E-state index in [4.69, 9.17) is 20.9 Å². The van der Waals surface area contributed by atoms with Gasteiger partial charge in [0.15, 0.2) is 0 Å². The van der Waals surface area contributed by atoms with Gasteiger partial charge in [-0.2, -0.15) is 0 Å². The SMILES string of the molecule is Nc1cccc(Oc2ccccc2-c2ccc3c(ccc4ccccc43)c2-c2ccccc2Oc2cccc(N)c2)c1. The zero-order valence-electron chi connectivity index (χ0n) is 22.8. The first-order valence-corrected chi connectivity index (χ1v) is 13.8. The third kappa shape index (κ3) is 4.76. The molecule has 0 aliphatic rings. The van der Waals surface area contributed by atoms with Gasteiger partial charge in [0.1, 0.15) is 23.0 Å². The third-order valence-corrected chi connectivity index (χ3v) is 7.43. The van der Waals surface area contributed by atoms with E-state index in [1.165, 1.54) is 16.2 Å². The van der Waals surface area contributed by atoms with Crippen LogP contribution < -0.4 is 20.9 Å². The van der Waals surface area contributed by atoms with Crippen LogP contribution in [0.1, 0.15) is 0 Å². The molecule has 0 spiro atoms. The first-order valence-electron chi connectivity index (χ1n) is 13.8. The molecule has 0 aliphatic heterocycles. The van der Waals surface area contributed by atoms with Crippen LogP contribution in [0.2, 0.25) is 0 Å². The van der Waals surface area contributed by atoms with Crippen LogP contribution in [0.3, 0.4) is 0 Å². The molecule has 0 fully saturated rings. The van der Waals surface area contributed by atoms with Gasteiger partial charge in [-0.3, -0.25) is 0 Å². The number of rotatable bonds is 6. The van der Waals surface area contributed by atoms with Gasteiger partial charge in [0.25, 0.3) is 0 Å². The van der Waals surface area contributed by atoms with Crippen molar-refractivity contribution in [3.05, 3.63) is 146 Å². The summed E-state index contributed by atoms with van der Waals surface area (Å²) >= 11 is 0. The van der Waals surface area contributed by atoms with Gasteiger partial charge in [0, 0.05) is 40.2 Å². The number of anilines is 2. The van der Waals surface area contributed by atoms with Crippen LogP contribution in [0, 0.1) is 0 Å². The highest BCUT2D eigenvalue weighted by Crippen LogP contribution is 2.47. The van der Waals surface area contributed by atoms with Crippen molar-refractivity contribution in [3.63, 3.8) is 0 Å². The smallest absolute Gasteiger partial charge is 0.135 e. The van der Waals surface area contributed by atoms with Gasteiger partial charge >= 0.3 is 0 Å². The summed E-state index contributed by atoms with van der Waals surface area (Å²) in [5, 5.41) is 4.67. The van der Waals surface area contributed by atoms with E-state index in [1.807, 2.05) is 84.9 Å². The molecule has 7 rings (SSSR count). The van der Waals surface area contributed by atoms with E-state index in [2.05, 4.69) is 60.7 Å². The van der Waals surface area contributed by atoms with Gasteiger partial charge in [-0.15, -0.1) is 0 Å². The van der Waals surface area contributed by atoms with E-state index in [0.717, 1.165) is 39.1 Å². The van der Waals surface area contributed by atoms with Gasteiger partial charge in [-0.05, 0) is 63.5 Å². The Bertz CT molecular complexity index is 2080. The number of benzene rings is 7. The Morgan fingerprint density at radius 3 is 1.64 bits per heavy atom. The molecular formula is C38H28N2O2. The lowest BCUT2D eigenvalue weighted by Gasteiger charge is -2.20. The zero-order valence-corrected chi connectivity index (χ0v) is 22.8. The van der Waals surface area contributed by atoms with Crippen molar-refractivity contribution in [2.45, 2.75) is 0 Å². The predicted octanol–water partition coefficient (Wildman–Crippen LogP) is 10.1. The van der Waals surface area contributed by atoms with E-state index in [1.54, 1.807) is 0 Å². The van der Waals surface area contributed by atoms with E-state index >= 15 is 0 Å². The fourth-order valence-corrected chi connectivity index (χ4v) is 5.55. The fraction of sp³-hybridized carbons (Fsp3) is 0. The van der Waals surface area contributed by atoms with Crippen LogP contribution in [-0.4, -0.2) is 0 Å². The molecule has 0 aliphatic carbocycles. The highest BCUT2D eigenvalue weighted by molar-refractivity contribution is 6.15. The third-order valence-electron chi connectivity index (χ3n) is 7.43. The maximum absolute atomic E-state index is 6.49. The number of nitrogens with two attached hydrogens (primary N) is 2. The summed E-state index contributed by atoms with van der Waals surface area (Å²) < 4.78 is 12.9. The van der Waals surface area contributed by atoms with Crippen molar-refractivity contribution >= 4 is 32.9 Å². The van der Waals surface area contributed by atoms with Crippen LogP contribution in [0.15, 0.2) is 146 Å². The summed E-state index contributed by atoms with van der Waals surface area (Å²) in [7, 11) is 0. The lowest BCUT2D eigenvalue weighted by Crippen LogP contribution is -1.95. The van der Waals surface area contributed by atoms with Crippen LogP contribution >= 0.6 is 0 Å². The number of nitrogen functional groups attached to an aromatic ring is 2. The Kier molecular flexibility index (Phi) is 6.42. The van der Waals surface area contributed by atoms with Gasteiger partial charge in [-0.25, -0.2) is 0 Å². The average Bonchev–Trinajstić information content (AvgIpc) is 3.01. The molecule has 7 aromatic rings. The highest BCUT2D eigenvalue weighted by atomic mass is 16.5. The van der Waals surface area contributed by atoms with Crippen molar-refractivity contribution in [1.29, 1.82) is 0 Å². The summed E-state index contributed by atoms with van der Waals surface area (Å²) in [5.41, 5.74) is 17.4. The fourth-order valence-electron chi connectivity index (χ4n) is 5.55. The number of hydrogen-bond donors (Lipinski definition) is 2. The summed E-state index contributed by atoms with van der Waals surface area (Å²) in [6, 6.07) is 48.5. The monoisotopic (exact) mass is 544 g/mol. The average molecular weight is 545 g/mol. The Morgan fingerprint density at radius 1 is 0.381 bits per heavy atom. The minimum atomic E-state index is 0.648. The van der Waals surface area contributed by atoms with E-state index in [-0.39, 0.29) is 0 Å². The van der Waals surface area contributed by atoms with Gasteiger partial charge in [0.2, 0.25) is 0 Å². The Labute approximate surface area is 244 Å². The molecule has 7 aromatic carbocycles. The molecule has 0 unspecified atom stereocenters. The first-order chi connectivity index (χ1) is 20.6. The normalized spacial score (nSPS) is 11.0.